The van der Waals surface area contributed by atoms with Crippen molar-refractivity contribution in [3.8, 4) is 0 Å². The largest absolute Gasteiger partial charge is 0.323 e. The average molecular weight is 294 g/mol. The second-order valence-corrected chi connectivity index (χ2v) is 6.73. The summed E-state index contributed by atoms with van der Waals surface area (Å²) in [4.78, 5) is 5.36. The lowest BCUT2D eigenvalue weighted by atomic mass is 9.89. The highest BCUT2D eigenvalue weighted by atomic mass is 32.1. The highest BCUT2D eigenvalue weighted by molar-refractivity contribution is 7.05. The van der Waals surface area contributed by atoms with E-state index in [-0.39, 0.29) is 11.5 Å². The minimum absolute atomic E-state index is 0.0446. The first kappa shape index (κ1) is 15.1. The molecule has 2 N–H and O–H groups in total. The van der Waals surface area contributed by atoms with Gasteiger partial charge in [-0.1, -0.05) is 32.2 Å². The van der Waals surface area contributed by atoms with E-state index in [4.69, 9.17) is 5.73 Å². The number of aromatic nitrogens is 5. The lowest BCUT2D eigenvalue weighted by molar-refractivity contribution is 0.531. The number of rotatable bonds is 5. The Bertz CT molecular complexity index is 553. The molecule has 1 unspecified atom stereocenters. The summed E-state index contributed by atoms with van der Waals surface area (Å²) in [5, 5.41) is 8.48. The van der Waals surface area contributed by atoms with Crippen molar-refractivity contribution < 1.29 is 0 Å². The fraction of sp³-hybridized carbons (Fsp3) is 0.692. The Morgan fingerprint density at radius 3 is 2.80 bits per heavy atom. The number of aryl methyl sites for hydroxylation is 1. The van der Waals surface area contributed by atoms with Gasteiger partial charge in [0.2, 0.25) is 0 Å². The Morgan fingerprint density at radius 1 is 1.40 bits per heavy atom. The minimum Gasteiger partial charge on any atom is -0.323 e. The summed E-state index contributed by atoms with van der Waals surface area (Å²) < 4.78 is 5.99. The lowest BCUT2D eigenvalue weighted by Crippen LogP contribution is -2.21. The normalized spacial score (nSPS) is 13.7. The molecule has 2 aromatic rings. The number of nitrogens with zero attached hydrogens (tertiary/aromatic N) is 5. The fourth-order valence-electron chi connectivity index (χ4n) is 2.09. The van der Waals surface area contributed by atoms with Crippen LogP contribution in [0.5, 0.6) is 0 Å². The van der Waals surface area contributed by atoms with Gasteiger partial charge in [-0.15, -0.1) is 5.10 Å². The molecule has 0 aliphatic carbocycles. The van der Waals surface area contributed by atoms with Crippen molar-refractivity contribution in [2.24, 2.45) is 5.73 Å². The summed E-state index contributed by atoms with van der Waals surface area (Å²) in [6, 6.07) is -0.135. The molecular weight excluding hydrogens is 272 g/mol. The summed E-state index contributed by atoms with van der Waals surface area (Å²) in [6.07, 6.45) is 3.28. The monoisotopic (exact) mass is 294 g/mol. The molecule has 20 heavy (non-hydrogen) atoms. The minimum atomic E-state index is -0.135. The SMILES string of the molecule is CCCn1ncnc1CC(N)c1snnc1C(C)(C)C. The van der Waals surface area contributed by atoms with Crippen LogP contribution >= 0.6 is 11.5 Å². The first-order valence-corrected chi connectivity index (χ1v) is 7.65. The molecule has 7 heteroatoms. The van der Waals surface area contributed by atoms with Gasteiger partial charge in [-0.2, -0.15) is 5.10 Å². The number of hydrogen-bond acceptors (Lipinski definition) is 6. The first-order chi connectivity index (χ1) is 9.43. The van der Waals surface area contributed by atoms with Crippen LogP contribution in [0.25, 0.3) is 0 Å². The Kier molecular flexibility index (Phi) is 4.49. The molecule has 0 bridgehead atoms. The molecule has 0 saturated carbocycles. The van der Waals surface area contributed by atoms with Gasteiger partial charge >= 0.3 is 0 Å². The van der Waals surface area contributed by atoms with Crippen molar-refractivity contribution in [1.82, 2.24) is 24.4 Å². The smallest absolute Gasteiger partial charge is 0.138 e. The van der Waals surface area contributed by atoms with Crippen LogP contribution in [0.1, 0.15) is 56.6 Å². The first-order valence-electron chi connectivity index (χ1n) is 6.88. The maximum Gasteiger partial charge on any atom is 0.138 e. The summed E-state index contributed by atoms with van der Waals surface area (Å²) in [5.41, 5.74) is 7.28. The highest BCUT2D eigenvalue weighted by Crippen LogP contribution is 2.30. The van der Waals surface area contributed by atoms with Crippen molar-refractivity contribution in [3.63, 3.8) is 0 Å². The van der Waals surface area contributed by atoms with E-state index >= 15 is 0 Å². The van der Waals surface area contributed by atoms with Gasteiger partial charge in [-0.3, -0.25) is 4.68 Å². The van der Waals surface area contributed by atoms with E-state index in [1.165, 1.54) is 11.5 Å². The van der Waals surface area contributed by atoms with Gasteiger partial charge in [0.15, 0.2) is 0 Å². The molecule has 2 rings (SSSR count). The predicted molar refractivity (Wildman–Crippen MR) is 79.6 cm³/mol. The zero-order chi connectivity index (χ0) is 14.8. The van der Waals surface area contributed by atoms with E-state index in [1.54, 1.807) is 6.33 Å². The predicted octanol–water partition coefficient (Wildman–Crippen LogP) is 2.08. The second-order valence-electron chi connectivity index (χ2n) is 5.95. The van der Waals surface area contributed by atoms with Crippen molar-refractivity contribution >= 4 is 11.5 Å². The van der Waals surface area contributed by atoms with Crippen LogP contribution in [0.15, 0.2) is 6.33 Å². The molecular formula is C13H22N6S. The van der Waals surface area contributed by atoms with Crippen LogP contribution in [-0.4, -0.2) is 24.4 Å². The third-order valence-electron chi connectivity index (χ3n) is 3.09. The second kappa shape index (κ2) is 5.97. The molecule has 0 amide bonds. The van der Waals surface area contributed by atoms with Crippen LogP contribution in [0.3, 0.4) is 0 Å². The summed E-state index contributed by atoms with van der Waals surface area (Å²) in [6.45, 7) is 9.37. The quantitative estimate of drug-likeness (QED) is 0.913. The van der Waals surface area contributed by atoms with Crippen LogP contribution in [0, 0.1) is 0 Å². The summed E-state index contributed by atoms with van der Waals surface area (Å²) in [5.74, 6) is 0.924. The van der Waals surface area contributed by atoms with Crippen LogP contribution in [0.2, 0.25) is 0 Å². The molecule has 0 fully saturated rings. The Balaban J connectivity index is 2.18. The third kappa shape index (κ3) is 3.21. The van der Waals surface area contributed by atoms with Gasteiger partial charge in [0, 0.05) is 24.4 Å². The van der Waals surface area contributed by atoms with Gasteiger partial charge in [-0.05, 0) is 18.0 Å². The maximum absolute atomic E-state index is 6.34. The van der Waals surface area contributed by atoms with E-state index in [9.17, 15) is 0 Å². The zero-order valence-corrected chi connectivity index (χ0v) is 13.3. The maximum atomic E-state index is 6.34. The Hall–Kier alpha value is -1.34. The zero-order valence-electron chi connectivity index (χ0n) is 12.5. The average Bonchev–Trinajstić information content (AvgIpc) is 2.98. The molecule has 0 aromatic carbocycles. The lowest BCUT2D eigenvalue weighted by Gasteiger charge is -2.19. The van der Waals surface area contributed by atoms with Gasteiger partial charge in [-0.25, -0.2) is 4.98 Å². The van der Waals surface area contributed by atoms with Crippen molar-refractivity contribution in [2.45, 2.75) is 58.5 Å². The van der Waals surface area contributed by atoms with E-state index in [0.717, 1.165) is 29.4 Å². The Labute approximate surface area is 123 Å². The molecule has 110 valence electrons. The van der Waals surface area contributed by atoms with E-state index in [1.807, 2.05) is 4.68 Å². The summed E-state index contributed by atoms with van der Waals surface area (Å²) >= 11 is 1.38. The Morgan fingerprint density at radius 2 is 2.15 bits per heavy atom. The van der Waals surface area contributed by atoms with E-state index < -0.39 is 0 Å². The van der Waals surface area contributed by atoms with E-state index in [2.05, 4.69) is 47.4 Å². The molecule has 2 heterocycles. The molecule has 0 aliphatic heterocycles. The van der Waals surface area contributed by atoms with E-state index in [0.29, 0.717) is 6.42 Å². The molecule has 0 saturated heterocycles. The summed E-state index contributed by atoms with van der Waals surface area (Å²) in [7, 11) is 0. The van der Waals surface area contributed by atoms with Gasteiger partial charge in [0.1, 0.15) is 12.2 Å². The van der Waals surface area contributed by atoms with Crippen molar-refractivity contribution in [1.29, 1.82) is 0 Å². The molecule has 0 aliphatic rings. The number of hydrogen-bond donors (Lipinski definition) is 1. The standard InChI is InChI=1S/C13H22N6S/c1-5-6-19-10(15-8-16-19)7-9(14)11-12(13(2,3)4)17-18-20-11/h8-9H,5-7,14H2,1-4H3. The molecule has 2 aromatic heterocycles. The van der Waals surface area contributed by atoms with Gasteiger partial charge < -0.3 is 5.73 Å². The molecule has 1 atom stereocenters. The third-order valence-corrected chi connectivity index (χ3v) is 3.95. The highest BCUT2D eigenvalue weighted by Gasteiger charge is 2.26. The fourth-order valence-corrected chi connectivity index (χ4v) is 2.96. The van der Waals surface area contributed by atoms with Gasteiger partial charge in [0.25, 0.3) is 0 Å². The van der Waals surface area contributed by atoms with Crippen LogP contribution in [-0.2, 0) is 18.4 Å². The molecule has 0 radical (unpaired) electrons. The molecule has 0 spiro atoms. The van der Waals surface area contributed by atoms with Crippen molar-refractivity contribution in [2.75, 3.05) is 0 Å². The number of nitrogens with two attached hydrogens (primary N) is 1. The van der Waals surface area contributed by atoms with Crippen molar-refractivity contribution in [3.05, 3.63) is 22.7 Å². The topological polar surface area (TPSA) is 82.5 Å². The van der Waals surface area contributed by atoms with Crippen LogP contribution < -0.4 is 5.73 Å². The van der Waals surface area contributed by atoms with Gasteiger partial charge in [0.05, 0.1) is 10.6 Å². The molecule has 6 nitrogen and oxygen atoms in total. The van der Waals surface area contributed by atoms with Crippen LogP contribution in [0.4, 0.5) is 0 Å².